The zero-order valence-electron chi connectivity index (χ0n) is 10.6. The van der Waals surface area contributed by atoms with Gasteiger partial charge >= 0.3 is 11.9 Å². The van der Waals surface area contributed by atoms with Crippen LogP contribution in [0.1, 0.15) is 20.7 Å². The molecule has 3 N–H and O–H groups in total. The van der Waals surface area contributed by atoms with Gasteiger partial charge in [0.15, 0.2) is 0 Å². The van der Waals surface area contributed by atoms with E-state index in [-0.39, 0.29) is 16.3 Å². The van der Waals surface area contributed by atoms with Crippen LogP contribution in [0.5, 0.6) is 0 Å². The SMILES string of the molecule is O=C(O)c1cc(C(=O)O)c2ccc3ccc[nH]c3c2c1=O. The largest absolute Gasteiger partial charge is 0.478 e. The summed E-state index contributed by atoms with van der Waals surface area (Å²) in [6.45, 7) is 0. The summed E-state index contributed by atoms with van der Waals surface area (Å²) in [6.07, 6.45) is 1.59. The fraction of sp³-hybridized carbons (Fsp3) is 0. The van der Waals surface area contributed by atoms with Crippen LogP contribution in [0.15, 0.2) is 41.3 Å². The van der Waals surface area contributed by atoms with Crippen LogP contribution in [0.3, 0.4) is 0 Å². The van der Waals surface area contributed by atoms with Gasteiger partial charge < -0.3 is 15.2 Å². The molecule has 0 unspecified atom stereocenters. The van der Waals surface area contributed by atoms with Gasteiger partial charge in [-0.25, -0.2) is 9.59 Å². The normalized spacial score (nSPS) is 10.9. The highest BCUT2D eigenvalue weighted by molar-refractivity contribution is 6.14. The van der Waals surface area contributed by atoms with Gasteiger partial charge in [-0.2, -0.15) is 0 Å². The lowest BCUT2D eigenvalue weighted by atomic mass is 9.97. The number of fused-ring (bicyclic) bond motifs is 3. The Balaban J connectivity index is 2.65. The quantitative estimate of drug-likeness (QED) is 0.624. The van der Waals surface area contributed by atoms with Crippen molar-refractivity contribution in [3.63, 3.8) is 0 Å². The van der Waals surface area contributed by atoms with Crippen molar-refractivity contribution in [1.29, 1.82) is 0 Å². The predicted molar refractivity (Wildman–Crippen MR) is 76.0 cm³/mol. The van der Waals surface area contributed by atoms with Gasteiger partial charge in [-0.15, -0.1) is 0 Å². The molecule has 6 heteroatoms. The zero-order chi connectivity index (χ0) is 15.1. The lowest BCUT2D eigenvalue weighted by Crippen LogP contribution is -2.17. The van der Waals surface area contributed by atoms with E-state index >= 15 is 0 Å². The molecule has 0 amide bonds. The molecule has 0 aliphatic carbocycles. The van der Waals surface area contributed by atoms with Gasteiger partial charge in [-0.3, -0.25) is 4.79 Å². The summed E-state index contributed by atoms with van der Waals surface area (Å²) in [6, 6.07) is 7.59. The maximum Gasteiger partial charge on any atom is 0.339 e. The Morgan fingerprint density at radius 1 is 1.00 bits per heavy atom. The van der Waals surface area contributed by atoms with Gasteiger partial charge in [0, 0.05) is 11.6 Å². The Kier molecular flexibility index (Phi) is 2.72. The highest BCUT2D eigenvalue weighted by Gasteiger charge is 2.20. The minimum Gasteiger partial charge on any atom is -0.478 e. The highest BCUT2D eigenvalue weighted by Crippen LogP contribution is 2.24. The molecule has 0 aliphatic rings. The van der Waals surface area contributed by atoms with Crippen molar-refractivity contribution in [1.82, 2.24) is 4.98 Å². The minimum absolute atomic E-state index is 0.0744. The predicted octanol–water partition coefficient (Wildman–Crippen LogP) is 2.08. The molecule has 3 rings (SSSR count). The van der Waals surface area contributed by atoms with E-state index in [0.717, 1.165) is 6.07 Å². The molecule has 0 fully saturated rings. The molecular formula is C15H9NO5. The van der Waals surface area contributed by atoms with Crippen molar-refractivity contribution in [3.05, 3.63) is 57.9 Å². The molecule has 0 saturated carbocycles. The fourth-order valence-corrected chi connectivity index (χ4v) is 2.41. The molecular weight excluding hydrogens is 274 g/mol. The smallest absolute Gasteiger partial charge is 0.339 e. The first-order valence-electron chi connectivity index (χ1n) is 6.04. The van der Waals surface area contributed by atoms with Crippen LogP contribution in [-0.2, 0) is 0 Å². The summed E-state index contributed by atoms with van der Waals surface area (Å²) in [7, 11) is 0. The monoisotopic (exact) mass is 283 g/mol. The minimum atomic E-state index is -1.45. The third-order valence-electron chi connectivity index (χ3n) is 3.35. The molecule has 6 nitrogen and oxygen atoms in total. The molecule has 0 saturated heterocycles. The number of pyridine rings is 1. The standard InChI is InChI=1S/C15H9NO5/c17-13-10(15(20)21)6-9(14(18)19)8-4-3-7-2-1-5-16-12(7)11(8)13/h1-6,16H,(H,18,19)(H,20,21). The van der Waals surface area contributed by atoms with Gasteiger partial charge in [0.1, 0.15) is 5.56 Å². The van der Waals surface area contributed by atoms with E-state index in [0.29, 0.717) is 10.9 Å². The average Bonchev–Trinajstić information content (AvgIpc) is 2.46. The van der Waals surface area contributed by atoms with Crippen LogP contribution >= 0.6 is 0 Å². The van der Waals surface area contributed by atoms with Crippen molar-refractivity contribution >= 4 is 33.6 Å². The van der Waals surface area contributed by atoms with Crippen LogP contribution < -0.4 is 5.43 Å². The Morgan fingerprint density at radius 2 is 1.71 bits per heavy atom. The first-order valence-corrected chi connectivity index (χ1v) is 6.04. The second-order valence-corrected chi connectivity index (χ2v) is 4.53. The highest BCUT2D eigenvalue weighted by atomic mass is 16.4. The summed E-state index contributed by atoms with van der Waals surface area (Å²) >= 11 is 0. The number of aromatic carboxylic acids is 2. The summed E-state index contributed by atoms with van der Waals surface area (Å²) in [5.74, 6) is -2.73. The van der Waals surface area contributed by atoms with Gasteiger partial charge in [0.2, 0.25) is 5.43 Å². The summed E-state index contributed by atoms with van der Waals surface area (Å²) < 4.78 is 0. The summed E-state index contributed by atoms with van der Waals surface area (Å²) in [4.78, 5) is 37.8. The van der Waals surface area contributed by atoms with Crippen molar-refractivity contribution in [2.45, 2.75) is 0 Å². The Bertz CT molecular complexity index is 971. The number of aromatic nitrogens is 1. The number of hydrogen-bond donors (Lipinski definition) is 3. The number of nitrogens with one attached hydrogen (secondary N) is 1. The summed E-state index contributed by atoms with van der Waals surface area (Å²) in [5.41, 5.74) is -1.04. The van der Waals surface area contributed by atoms with E-state index in [9.17, 15) is 19.5 Å². The van der Waals surface area contributed by atoms with Gasteiger partial charge in [-0.1, -0.05) is 18.2 Å². The number of carbonyl (C=O) groups is 2. The second-order valence-electron chi connectivity index (χ2n) is 4.53. The fourth-order valence-electron chi connectivity index (χ4n) is 2.41. The molecule has 0 aliphatic heterocycles. The maximum absolute atomic E-state index is 12.4. The number of benzene rings is 2. The Labute approximate surface area is 117 Å². The van der Waals surface area contributed by atoms with E-state index in [1.165, 1.54) is 6.07 Å². The molecule has 104 valence electrons. The molecule has 1 heterocycles. The lowest BCUT2D eigenvalue weighted by Gasteiger charge is -2.07. The van der Waals surface area contributed by atoms with Crippen LogP contribution in [0.4, 0.5) is 0 Å². The zero-order valence-corrected chi connectivity index (χ0v) is 10.6. The van der Waals surface area contributed by atoms with Crippen molar-refractivity contribution in [3.8, 4) is 0 Å². The topological polar surface area (TPSA) is 107 Å². The second kappa shape index (κ2) is 4.45. The Morgan fingerprint density at radius 3 is 2.38 bits per heavy atom. The molecule has 1 aromatic heterocycles. The molecule has 0 bridgehead atoms. The van der Waals surface area contributed by atoms with Crippen LogP contribution in [-0.4, -0.2) is 27.1 Å². The average molecular weight is 283 g/mol. The van der Waals surface area contributed by atoms with E-state index in [2.05, 4.69) is 4.98 Å². The molecule has 3 aromatic rings. The molecule has 0 atom stereocenters. The van der Waals surface area contributed by atoms with E-state index < -0.39 is 22.9 Å². The number of carboxylic acid groups (broad SMARTS) is 2. The maximum atomic E-state index is 12.4. The van der Waals surface area contributed by atoms with Gasteiger partial charge in [0.05, 0.1) is 16.5 Å². The van der Waals surface area contributed by atoms with E-state index in [1.54, 1.807) is 24.4 Å². The number of rotatable bonds is 2. The third-order valence-corrected chi connectivity index (χ3v) is 3.35. The van der Waals surface area contributed by atoms with Crippen molar-refractivity contribution < 1.29 is 19.8 Å². The lowest BCUT2D eigenvalue weighted by molar-refractivity contribution is 0.0695. The molecule has 0 spiro atoms. The number of carboxylic acids is 2. The molecule has 0 radical (unpaired) electrons. The number of H-pyrrole nitrogens is 1. The van der Waals surface area contributed by atoms with Gasteiger partial charge in [0.25, 0.3) is 0 Å². The first-order chi connectivity index (χ1) is 10.0. The number of aromatic amines is 1. The van der Waals surface area contributed by atoms with E-state index in [1.807, 2.05) is 0 Å². The number of hydrogen-bond acceptors (Lipinski definition) is 3. The van der Waals surface area contributed by atoms with Crippen LogP contribution in [0.2, 0.25) is 0 Å². The van der Waals surface area contributed by atoms with Crippen molar-refractivity contribution in [2.75, 3.05) is 0 Å². The molecule has 2 aromatic carbocycles. The van der Waals surface area contributed by atoms with Crippen LogP contribution in [0, 0.1) is 0 Å². The third kappa shape index (κ3) is 1.85. The van der Waals surface area contributed by atoms with Crippen molar-refractivity contribution in [2.24, 2.45) is 0 Å². The van der Waals surface area contributed by atoms with E-state index in [4.69, 9.17) is 5.11 Å². The van der Waals surface area contributed by atoms with Gasteiger partial charge in [-0.05, 0) is 17.5 Å². The summed E-state index contributed by atoms with van der Waals surface area (Å²) in [5, 5.41) is 19.3. The van der Waals surface area contributed by atoms with Crippen LogP contribution in [0.25, 0.3) is 21.7 Å². The Hall–Kier alpha value is -3.15. The molecule has 21 heavy (non-hydrogen) atoms. The first kappa shape index (κ1) is 12.9.